The molecule has 0 saturated carbocycles. The first-order valence-electron chi connectivity index (χ1n) is 6.30. The van der Waals surface area contributed by atoms with Crippen LogP contribution in [0.15, 0.2) is 54.7 Å². The first-order valence-corrected chi connectivity index (χ1v) is 6.30. The molecule has 0 atom stereocenters. The van der Waals surface area contributed by atoms with Gasteiger partial charge in [0, 0.05) is 5.69 Å². The van der Waals surface area contributed by atoms with Crippen LogP contribution in [0.4, 0.5) is 5.69 Å². The van der Waals surface area contributed by atoms with Gasteiger partial charge in [-0.1, -0.05) is 12.1 Å². The number of hydrogen-bond donors (Lipinski definition) is 1. The number of aromatic nitrogens is 2. The van der Waals surface area contributed by atoms with Crippen molar-refractivity contribution in [2.24, 2.45) is 0 Å². The number of anilines is 1. The van der Waals surface area contributed by atoms with Gasteiger partial charge in [0.25, 0.3) is 0 Å². The molecule has 0 amide bonds. The Kier molecular flexibility index (Phi) is 3.25. The maximum absolute atomic E-state index is 8.75. The molecule has 1 N–H and O–H groups in total. The normalized spacial score (nSPS) is 10.2. The smallest absolute Gasteiger partial charge is 0.0991 e. The van der Waals surface area contributed by atoms with Crippen LogP contribution in [0.25, 0.3) is 11.0 Å². The molecule has 1 heterocycles. The number of hydrogen-bond acceptors (Lipinski definition) is 4. The van der Waals surface area contributed by atoms with Gasteiger partial charge in [-0.25, -0.2) is 4.98 Å². The van der Waals surface area contributed by atoms with E-state index < -0.39 is 0 Å². The van der Waals surface area contributed by atoms with Crippen molar-refractivity contribution in [2.75, 3.05) is 5.32 Å². The Bertz CT molecular complexity index is 772. The van der Waals surface area contributed by atoms with E-state index in [0.29, 0.717) is 12.1 Å². The summed E-state index contributed by atoms with van der Waals surface area (Å²) < 4.78 is 0. The minimum absolute atomic E-state index is 0.601. The molecular weight excluding hydrogens is 248 g/mol. The second kappa shape index (κ2) is 5.37. The van der Waals surface area contributed by atoms with Crippen molar-refractivity contribution < 1.29 is 0 Å². The van der Waals surface area contributed by atoms with Crippen LogP contribution in [-0.2, 0) is 6.54 Å². The lowest BCUT2D eigenvalue weighted by molar-refractivity contribution is 1.04. The highest BCUT2D eigenvalue weighted by atomic mass is 14.9. The quantitative estimate of drug-likeness (QED) is 0.786. The molecule has 3 aromatic rings. The summed E-state index contributed by atoms with van der Waals surface area (Å²) in [4.78, 5) is 8.92. The maximum Gasteiger partial charge on any atom is 0.0991 e. The average molecular weight is 260 g/mol. The molecule has 0 radical (unpaired) electrons. The summed E-state index contributed by atoms with van der Waals surface area (Å²) in [5.41, 5.74) is 4.29. The van der Waals surface area contributed by atoms with E-state index in [1.807, 2.05) is 36.4 Å². The van der Waals surface area contributed by atoms with Crippen molar-refractivity contribution in [3.63, 3.8) is 0 Å². The predicted octanol–water partition coefficient (Wildman–Crippen LogP) is 3.11. The second-order valence-corrected chi connectivity index (χ2v) is 4.39. The fourth-order valence-electron chi connectivity index (χ4n) is 1.94. The van der Waals surface area contributed by atoms with Crippen LogP contribution in [0.2, 0.25) is 0 Å². The maximum atomic E-state index is 8.75. The van der Waals surface area contributed by atoms with E-state index in [4.69, 9.17) is 5.26 Å². The third kappa shape index (κ3) is 2.57. The minimum Gasteiger partial charge on any atom is -0.379 e. The Morgan fingerprint density at radius 1 is 1.00 bits per heavy atom. The third-order valence-corrected chi connectivity index (χ3v) is 2.99. The number of fused-ring (bicyclic) bond motifs is 1. The van der Waals surface area contributed by atoms with Crippen molar-refractivity contribution >= 4 is 16.7 Å². The molecule has 20 heavy (non-hydrogen) atoms. The van der Waals surface area contributed by atoms with E-state index in [9.17, 15) is 0 Å². The van der Waals surface area contributed by atoms with Gasteiger partial charge in [0.05, 0.1) is 41.1 Å². The van der Waals surface area contributed by atoms with Gasteiger partial charge in [0.1, 0.15) is 0 Å². The van der Waals surface area contributed by atoms with Gasteiger partial charge in [-0.05, 0) is 36.4 Å². The molecule has 0 aliphatic carbocycles. The highest BCUT2D eigenvalue weighted by Gasteiger charge is 1.99. The summed E-state index contributed by atoms with van der Waals surface area (Å²) in [7, 11) is 0. The zero-order chi connectivity index (χ0) is 13.8. The number of nitrogens with zero attached hydrogens (tertiary/aromatic N) is 3. The average Bonchev–Trinajstić information content (AvgIpc) is 2.53. The summed E-state index contributed by atoms with van der Waals surface area (Å²) in [6, 6.07) is 17.2. The molecule has 96 valence electrons. The lowest BCUT2D eigenvalue weighted by Crippen LogP contribution is -2.02. The van der Waals surface area contributed by atoms with E-state index in [1.54, 1.807) is 18.3 Å². The van der Waals surface area contributed by atoms with Crippen LogP contribution >= 0.6 is 0 Å². The fraction of sp³-hybridized carbons (Fsp3) is 0.0625. The van der Waals surface area contributed by atoms with E-state index in [-0.39, 0.29) is 0 Å². The molecule has 0 fully saturated rings. The highest BCUT2D eigenvalue weighted by Crippen LogP contribution is 2.12. The Morgan fingerprint density at radius 3 is 2.50 bits per heavy atom. The summed E-state index contributed by atoms with van der Waals surface area (Å²) in [5.74, 6) is 0. The lowest BCUT2D eigenvalue weighted by atomic mass is 10.2. The van der Waals surface area contributed by atoms with Crippen LogP contribution in [0.1, 0.15) is 11.3 Å². The summed E-state index contributed by atoms with van der Waals surface area (Å²) in [6.07, 6.45) is 1.78. The molecule has 0 aliphatic heterocycles. The van der Waals surface area contributed by atoms with E-state index in [1.165, 1.54) is 0 Å². The largest absolute Gasteiger partial charge is 0.379 e. The summed E-state index contributed by atoms with van der Waals surface area (Å²) in [6.45, 7) is 0.601. The molecule has 1 aromatic heterocycles. The molecule has 0 bridgehead atoms. The Balaban J connectivity index is 1.74. The van der Waals surface area contributed by atoms with E-state index in [2.05, 4.69) is 21.4 Å². The van der Waals surface area contributed by atoms with Crippen molar-refractivity contribution in [2.45, 2.75) is 6.54 Å². The minimum atomic E-state index is 0.601. The molecule has 0 aliphatic rings. The fourth-order valence-corrected chi connectivity index (χ4v) is 1.94. The Morgan fingerprint density at radius 2 is 1.75 bits per heavy atom. The van der Waals surface area contributed by atoms with Gasteiger partial charge in [0.2, 0.25) is 0 Å². The molecule has 2 aromatic carbocycles. The molecule has 3 rings (SSSR count). The predicted molar refractivity (Wildman–Crippen MR) is 78.0 cm³/mol. The van der Waals surface area contributed by atoms with Crippen molar-refractivity contribution in [3.05, 3.63) is 66.0 Å². The molecule has 0 unspecified atom stereocenters. The van der Waals surface area contributed by atoms with Gasteiger partial charge in [-0.2, -0.15) is 5.26 Å². The molecule has 4 nitrogen and oxygen atoms in total. The van der Waals surface area contributed by atoms with Crippen molar-refractivity contribution in [1.29, 1.82) is 5.26 Å². The second-order valence-electron chi connectivity index (χ2n) is 4.39. The SMILES string of the molecule is N#Cc1ccc(NCc2cnc3ccccc3n2)cc1. The third-order valence-electron chi connectivity index (χ3n) is 2.99. The van der Waals surface area contributed by atoms with Gasteiger partial charge in [0.15, 0.2) is 0 Å². The number of para-hydroxylation sites is 2. The van der Waals surface area contributed by atoms with Crippen LogP contribution in [-0.4, -0.2) is 9.97 Å². The van der Waals surface area contributed by atoms with E-state index >= 15 is 0 Å². The molecule has 4 heteroatoms. The first kappa shape index (κ1) is 12.1. The van der Waals surface area contributed by atoms with E-state index in [0.717, 1.165) is 22.4 Å². The zero-order valence-electron chi connectivity index (χ0n) is 10.7. The topological polar surface area (TPSA) is 61.6 Å². The number of rotatable bonds is 3. The highest BCUT2D eigenvalue weighted by molar-refractivity contribution is 5.73. The van der Waals surface area contributed by atoms with Crippen molar-refractivity contribution in [3.8, 4) is 6.07 Å². The number of nitriles is 1. The summed E-state index contributed by atoms with van der Waals surface area (Å²) in [5, 5.41) is 12.0. The van der Waals surface area contributed by atoms with Gasteiger partial charge < -0.3 is 5.32 Å². The van der Waals surface area contributed by atoms with Crippen LogP contribution in [0.3, 0.4) is 0 Å². The first-order chi connectivity index (χ1) is 9.85. The molecule has 0 saturated heterocycles. The van der Waals surface area contributed by atoms with Gasteiger partial charge >= 0.3 is 0 Å². The van der Waals surface area contributed by atoms with Crippen LogP contribution < -0.4 is 5.32 Å². The van der Waals surface area contributed by atoms with Crippen LogP contribution in [0, 0.1) is 11.3 Å². The molecule has 0 spiro atoms. The van der Waals surface area contributed by atoms with Crippen molar-refractivity contribution in [1.82, 2.24) is 9.97 Å². The number of benzene rings is 2. The molecular formula is C16H12N4. The summed E-state index contributed by atoms with van der Waals surface area (Å²) >= 11 is 0. The standard InChI is InChI=1S/C16H12N4/c17-9-12-5-7-13(8-6-12)18-10-14-11-19-15-3-1-2-4-16(15)20-14/h1-8,11,18H,10H2. The number of nitrogens with one attached hydrogen (secondary N) is 1. The Hall–Kier alpha value is -2.93. The van der Waals surface area contributed by atoms with Gasteiger partial charge in [-0.15, -0.1) is 0 Å². The lowest BCUT2D eigenvalue weighted by Gasteiger charge is -2.06. The van der Waals surface area contributed by atoms with Gasteiger partial charge in [-0.3, -0.25) is 4.98 Å². The Labute approximate surface area is 116 Å². The van der Waals surface area contributed by atoms with Crippen LogP contribution in [0.5, 0.6) is 0 Å². The zero-order valence-corrected chi connectivity index (χ0v) is 10.7. The monoisotopic (exact) mass is 260 g/mol.